The quantitative estimate of drug-likeness (QED) is 0.786. The van der Waals surface area contributed by atoms with Crippen molar-refractivity contribution in [2.75, 3.05) is 22.6 Å². The molecule has 0 atom stereocenters. The molecule has 0 radical (unpaired) electrons. The molecule has 0 aliphatic heterocycles. The average Bonchev–Trinajstić information content (AvgIpc) is 3.12. The third-order valence-corrected chi connectivity index (χ3v) is 4.67. The summed E-state index contributed by atoms with van der Waals surface area (Å²) in [5, 5.41) is 6.50. The Labute approximate surface area is 143 Å². The lowest BCUT2D eigenvalue weighted by Gasteiger charge is -2.27. The summed E-state index contributed by atoms with van der Waals surface area (Å²) in [7, 11) is 1.85. The Bertz CT molecular complexity index is 710. The first-order valence-electron chi connectivity index (χ1n) is 8.47. The Morgan fingerprint density at radius 2 is 1.96 bits per heavy atom. The van der Waals surface area contributed by atoms with E-state index in [0.717, 1.165) is 47.7 Å². The van der Waals surface area contributed by atoms with Gasteiger partial charge in [0, 0.05) is 24.8 Å². The van der Waals surface area contributed by atoms with E-state index in [9.17, 15) is 4.79 Å². The molecule has 1 aliphatic carbocycles. The van der Waals surface area contributed by atoms with Gasteiger partial charge in [0.2, 0.25) is 6.41 Å². The number of benzene rings is 1. The number of pyridine rings is 1. The molecule has 0 saturated heterocycles. The summed E-state index contributed by atoms with van der Waals surface area (Å²) in [5.74, 6) is 0.739. The van der Waals surface area contributed by atoms with Gasteiger partial charge in [-0.3, -0.25) is 4.79 Å². The van der Waals surface area contributed by atoms with Crippen molar-refractivity contribution >= 4 is 29.3 Å². The normalized spacial score (nSPS) is 14.4. The number of aromatic nitrogens is 1. The van der Waals surface area contributed by atoms with Gasteiger partial charge in [-0.1, -0.05) is 31.0 Å². The smallest absolute Gasteiger partial charge is 0.214 e. The molecule has 126 valence electrons. The minimum absolute atomic E-state index is 0.281. The number of rotatable bonds is 6. The summed E-state index contributed by atoms with van der Waals surface area (Å²) >= 11 is 0. The molecule has 1 aromatic heterocycles. The van der Waals surface area contributed by atoms with Gasteiger partial charge in [0.25, 0.3) is 0 Å². The van der Waals surface area contributed by atoms with E-state index in [-0.39, 0.29) is 6.04 Å². The van der Waals surface area contributed by atoms with Gasteiger partial charge in [0.15, 0.2) is 0 Å². The number of aryl methyl sites for hydroxylation is 1. The van der Waals surface area contributed by atoms with Gasteiger partial charge < -0.3 is 15.5 Å². The number of para-hydroxylation sites is 1. The van der Waals surface area contributed by atoms with Crippen molar-refractivity contribution in [3.63, 3.8) is 0 Å². The molecule has 5 heteroatoms. The van der Waals surface area contributed by atoms with E-state index < -0.39 is 0 Å². The number of carbonyl (C=O) groups excluding carboxylic acids is 1. The molecule has 1 heterocycles. The van der Waals surface area contributed by atoms with Crippen molar-refractivity contribution in [1.29, 1.82) is 0 Å². The minimum Gasteiger partial charge on any atom is -0.385 e. The maximum Gasteiger partial charge on any atom is 0.214 e. The maximum absolute atomic E-state index is 11.7. The standard InChI is InChI=1S/C19H24N4O/c1-14-7-3-6-10-16(14)22-19-11-18(17(20-2)12-21-19)23(13-24)15-8-4-5-9-15/h3,6-7,10-13,15,20H,4-5,8-9H2,1-2H3,(H,21,22). The van der Waals surface area contributed by atoms with Crippen LogP contribution in [-0.4, -0.2) is 24.5 Å². The first kappa shape index (κ1) is 16.3. The first-order chi connectivity index (χ1) is 11.7. The summed E-state index contributed by atoms with van der Waals surface area (Å²) in [6.07, 6.45) is 7.22. The number of nitrogens with zero attached hydrogens (tertiary/aromatic N) is 2. The summed E-state index contributed by atoms with van der Waals surface area (Å²) < 4.78 is 0. The fourth-order valence-electron chi connectivity index (χ4n) is 3.29. The fraction of sp³-hybridized carbons (Fsp3) is 0.368. The van der Waals surface area contributed by atoms with Crippen molar-refractivity contribution in [1.82, 2.24) is 4.98 Å². The van der Waals surface area contributed by atoms with Crippen molar-refractivity contribution in [2.45, 2.75) is 38.6 Å². The predicted octanol–water partition coefficient (Wildman–Crippen LogP) is 4.08. The van der Waals surface area contributed by atoms with Gasteiger partial charge >= 0.3 is 0 Å². The molecule has 1 amide bonds. The molecule has 0 spiro atoms. The van der Waals surface area contributed by atoms with Crippen molar-refractivity contribution < 1.29 is 4.79 Å². The van der Waals surface area contributed by atoms with Crippen LogP contribution in [0.2, 0.25) is 0 Å². The molecule has 3 rings (SSSR count). The maximum atomic E-state index is 11.7. The highest BCUT2D eigenvalue weighted by Gasteiger charge is 2.24. The van der Waals surface area contributed by atoms with E-state index >= 15 is 0 Å². The molecule has 2 aromatic rings. The molecule has 1 aliphatic rings. The number of hydrogen-bond acceptors (Lipinski definition) is 4. The second kappa shape index (κ2) is 7.34. The number of anilines is 4. The monoisotopic (exact) mass is 324 g/mol. The van der Waals surface area contributed by atoms with Crippen LogP contribution in [0.3, 0.4) is 0 Å². The minimum atomic E-state index is 0.281. The zero-order chi connectivity index (χ0) is 16.9. The van der Waals surface area contributed by atoms with Gasteiger partial charge in [0.05, 0.1) is 17.6 Å². The molecule has 1 aromatic carbocycles. The van der Waals surface area contributed by atoms with Crippen molar-refractivity contribution in [3.05, 3.63) is 42.1 Å². The number of nitrogens with one attached hydrogen (secondary N) is 2. The summed E-state index contributed by atoms with van der Waals surface area (Å²) in [6, 6.07) is 10.3. The predicted molar refractivity (Wildman–Crippen MR) is 99.0 cm³/mol. The SMILES string of the molecule is CNc1cnc(Nc2ccccc2C)cc1N(C=O)C1CCCC1. The lowest BCUT2D eigenvalue weighted by atomic mass is 10.1. The second-order valence-electron chi connectivity index (χ2n) is 6.23. The Hall–Kier alpha value is -2.56. The van der Waals surface area contributed by atoms with Crippen LogP contribution in [0.4, 0.5) is 22.9 Å². The molecular formula is C19H24N4O. The van der Waals surface area contributed by atoms with Crippen LogP contribution >= 0.6 is 0 Å². The van der Waals surface area contributed by atoms with Crippen LogP contribution in [-0.2, 0) is 4.79 Å². The highest BCUT2D eigenvalue weighted by molar-refractivity contribution is 5.85. The Balaban J connectivity index is 1.92. The molecule has 1 saturated carbocycles. The van der Waals surface area contributed by atoms with Gasteiger partial charge in [-0.25, -0.2) is 4.98 Å². The summed E-state index contributed by atoms with van der Waals surface area (Å²) in [4.78, 5) is 18.1. The highest BCUT2D eigenvalue weighted by Crippen LogP contribution is 2.33. The lowest BCUT2D eigenvalue weighted by Crippen LogP contribution is -2.32. The summed E-state index contributed by atoms with van der Waals surface area (Å²) in [5.41, 5.74) is 3.92. The van der Waals surface area contributed by atoms with Crippen LogP contribution < -0.4 is 15.5 Å². The number of hydrogen-bond donors (Lipinski definition) is 2. The zero-order valence-electron chi connectivity index (χ0n) is 14.2. The number of amides is 1. The van der Waals surface area contributed by atoms with E-state index in [1.54, 1.807) is 6.20 Å². The largest absolute Gasteiger partial charge is 0.385 e. The van der Waals surface area contributed by atoms with Crippen molar-refractivity contribution in [3.8, 4) is 0 Å². The molecule has 5 nitrogen and oxygen atoms in total. The zero-order valence-corrected chi connectivity index (χ0v) is 14.2. The van der Waals surface area contributed by atoms with Crippen LogP contribution in [0.15, 0.2) is 36.5 Å². The molecule has 2 N–H and O–H groups in total. The van der Waals surface area contributed by atoms with Gasteiger partial charge in [-0.2, -0.15) is 0 Å². The molecule has 0 unspecified atom stereocenters. The molecule has 24 heavy (non-hydrogen) atoms. The second-order valence-corrected chi connectivity index (χ2v) is 6.23. The van der Waals surface area contributed by atoms with E-state index in [1.807, 2.05) is 36.2 Å². The Morgan fingerprint density at radius 1 is 1.21 bits per heavy atom. The van der Waals surface area contributed by atoms with E-state index in [4.69, 9.17) is 0 Å². The lowest BCUT2D eigenvalue weighted by molar-refractivity contribution is -0.107. The van der Waals surface area contributed by atoms with Gasteiger partial charge in [0.1, 0.15) is 5.82 Å². The van der Waals surface area contributed by atoms with E-state index in [1.165, 1.54) is 12.8 Å². The average molecular weight is 324 g/mol. The highest BCUT2D eigenvalue weighted by atomic mass is 16.1. The molecule has 1 fully saturated rings. The third-order valence-electron chi connectivity index (χ3n) is 4.67. The Kier molecular flexibility index (Phi) is 4.99. The topological polar surface area (TPSA) is 57.3 Å². The fourth-order valence-corrected chi connectivity index (χ4v) is 3.29. The van der Waals surface area contributed by atoms with Crippen LogP contribution in [0.25, 0.3) is 0 Å². The van der Waals surface area contributed by atoms with Crippen molar-refractivity contribution in [2.24, 2.45) is 0 Å². The van der Waals surface area contributed by atoms with Crippen LogP contribution in [0.1, 0.15) is 31.2 Å². The molecule has 0 bridgehead atoms. The van der Waals surface area contributed by atoms with E-state index in [2.05, 4.69) is 28.6 Å². The Morgan fingerprint density at radius 3 is 2.62 bits per heavy atom. The van der Waals surface area contributed by atoms with Gasteiger partial charge in [-0.15, -0.1) is 0 Å². The third kappa shape index (κ3) is 3.35. The first-order valence-corrected chi connectivity index (χ1v) is 8.47. The number of carbonyl (C=O) groups is 1. The van der Waals surface area contributed by atoms with E-state index in [0.29, 0.717) is 0 Å². The van der Waals surface area contributed by atoms with Crippen LogP contribution in [0.5, 0.6) is 0 Å². The van der Waals surface area contributed by atoms with Crippen LogP contribution in [0, 0.1) is 6.92 Å². The molecular weight excluding hydrogens is 300 g/mol. The summed E-state index contributed by atoms with van der Waals surface area (Å²) in [6.45, 7) is 2.06. The van der Waals surface area contributed by atoms with Gasteiger partial charge in [-0.05, 0) is 31.4 Å².